The summed E-state index contributed by atoms with van der Waals surface area (Å²) in [4.78, 5) is 2.87. The highest BCUT2D eigenvalue weighted by atomic mass is 15.2. The van der Waals surface area contributed by atoms with Gasteiger partial charge in [-0.2, -0.15) is 0 Å². The zero-order chi connectivity index (χ0) is 13.9. The van der Waals surface area contributed by atoms with Crippen molar-refractivity contribution in [1.82, 2.24) is 10.2 Å². The molecule has 20 heavy (non-hydrogen) atoms. The lowest BCUT2D eigenvalue weighted by molar-refractivity contribution is 0.0706. The maximum atomic E-state index is 3.75. The average Bonchev–Trinajstić information content (AvgIpc) is 3.02. The molecule has 2 saturated heterocycles. The molecule has 0 aromatic heterocycles. The summed E-state index contributed by atoms with van der Waals surface area (Å²) in [6.45, 7) is 8.84. The van der Waals surface area contributed by atoms with Crippen molar-refractivity contribution in [1.29, 1.82) is 0 Å². The van der Waals surface area contributed by atoms with Crippen LogP contribution in [-0.4, -0.2) is 36.6 Å². The molecule has 2 atom stereocenters. The van der Waals surface area contributed by atoms with E-state index in [1.165, 1.54) is 71.0 Å². The van der Waals surface area contributed by atoms with Crippen LogP contribution in [0.4, 0.5) is 0 Å². The summed E-state index contributed by atoms with van der Waals surface area (Å²) in [5.41, 5.74) is 0. The maximum Gasteiger partial charge on any atom is 0.0108 e. The Bertz CT molecular complexity index is 288. The van der Waals surface area contributed by atoms with Crippen LogP contribution in [0, 0.1) is 17.8 Å². The van der Waals surface area contributed by atoms with E-state index < -0.39 is 0 Å². The Kier molecular flexibility index (Phi) is 5.04. The third-order valence-electron chi connectivity index (χ3n) is 6.36. The predicted octanol–water partition coefficient (Wildman–Crippen LogP) is 3.67. The molecule has 0 spiro atoms. The van der Waals surface area contributed by atoms with Gasteiger partial charge in [-0.3, -0.25) is 0 Å². The molecule has 2 heteroatoms. The molecule has 0 radical (unpaired) electrons. The largest absolute Gasteiger partial charge is 0.314 e. The Morgan fingerprint density at radius 3 is 2.40 bits per heavy atom. The topological polar surface area (TPSA) is 15.3 Å². The highest BCUT2D eigenvalue weighted by Crippen LogP contribution is 2.34. The minimum absolute atomic E-state index is 0.838. The fraction of sp³-hybridized carbons (Fsp3) is 1.00. The van der Waals surface area contributed by atoms with Gasteiger partial charge in [-0.25, -0.2) is 0 Å². The minimum Gasteiger partial charge on any atom is -0.314 e. The van der Waals surface area contributed by atoms with E-state index in [1.54, 1.807) is 0 Å². The van der Waals surface area contributed by atoms with Crippen molar-refractivity contribution >= 4 is 0 Å². The van der Waals surface area contributed by atoms with Crippen LogP contribution in [0.15, 0.2) is 0 Å². The van der Waals surface area contributed by atoms with Crippen molar-refractivity contribution in [3.05, 3.63) is 0 Å². The van der Waals surface area contributed by atoms with Crippen LogP contribution in [0.1, 0.15) is 65.2 Å². The molecule has 116 valence electrons. The first kappa shape index (κ1) is 14.8. The Morgan fingerprint density at radius 1 is 0.950 bits per heavy atom. The molecule has 1 N–H and O–H groups in total. The summed E-state index contributed by atoms with van der Waals surface area (Å²) in [6.07, 6.45) is 11.6. The number of piperidine rings is 1. The van der Waals surface area contributed by atoms with Gasteiger partial charge >= 0.3 is 0 Å². The first-order chi connectivity index (χ1) is 9.74. The fourth-order valence-electron chi connectivity index (χ4n) is 4.95. The summed E-state index contributed by atoms with van der Waals surface area (Å²) in [7, 11) is 0. The lowest BCUT2D eigenvalue weighted by atomic mass is 9.78. The molecule has 0 amide bonds. The molecule has 3 rings (SSSR count). The van der Waals surface area contributed by atoms with Crippen LogP contribution in [0.25, 0.3) is 0 Å². The molecule has 2 nitrogen and oxygen atoms in total. The van der Waals surface area contributed by atoms with Gasteiger partial charge in [-0.05, 0) is 82.2 Å². The number of rotatable bonds is 3. The minimum atomic E-state index is 0.838. The Balaban J connectivity index is 1.50. The van der Waals surface area contributed by atoms with Gasteiger partial charge in [0, 0.05) is 18.6 Å². The van der Waals surface area contributed by atoms with Gasteiger partial charge in [0.25, 0.3) is 0 Å². The second-order valence-corrected chi connectivity index (χ2v) is 7.91. The standard InChI is InChI=1S/C18H34N2/c1-14(2)15-7-9-17(10-8-15)20-12-4-5-16(13-20)18-6-3-11-19-18/h14-19H,3-13H2,1-2H3. The van der Waals surface area contributed by atoms with Crippen molar-refractivity contribution in [2.45, 2.75) is 77.3 Å². The van der Waals surface area contributed by atoms with Crippen molar-refractivity contribution in [3.63, 3.8) is 0 Å². The second kappa shape index (κ2) is 6.79. The molecular weight excluding hydrogens is 244 g/mol. The number of hydrogen-bond donors (Lipinski definition) is 1. The molecular formula is C18H34N2. The van der Waals surface area contributed by atoms with Crippen LogP contribution < -0.4 is 5.32 Å². The molecule has 3 aliphatic rings. The number of nitrogens with one attached hydrogen (secondary N) is 1. The highest BCUT2D eigenvalue weighted by Gasteiger charge is 2.33. The van der Waals surface area contributed by atoms with Gasteiger partial charge in [0.15, 0.2) is 0 Å². The summed E-state index contributed by atoms with van der Waals surface area (Å²) in [5, 5.41) is 3.75. The Hall–Kier alpha value is -0.0800. The molecule has 2 aliphatic heterocycles. The van der Waals surface area contributed by atoms with Gasteiger partial charge in [0.2, 0.25) is 0 Å². The summed E-state index contributed by atoms with van der Waals surface area (Å²) < 4.78 is 0. The zero-order valence-corrected chi connectivity index (χ0v) is 13.6. The van der Waals surface area contributed by atoms with Gasteiger partial charge in [0.05, 0.1) is 0 Å². The predicted molar refractivity (Wildman–Crippen MR) is 85.9 cm³/mol. The molecule has 2 heterocycles. The highest BCUT2D eigenvalue weighted by molar-refractivity contribution is 4.89. The summed E-state index contributed by atoms with van der Waals surface area (Å²) in [5.74, 6) is 2.84. The van der Waals surface area contributed by atoms with Crippen LogP contribution >= 0.6 is 0 Å². The van der Waals surface area contributed by atoms with E-state index in [1.807, 2.05) is 0 Å². The third-order valence-corrected chi connectivity index (χ3v) is 6.36. The molecule has 2 unspecified atom stereocenters. The first-order valence-electron chi connectivity index (χ1n) is 9.21. The van der Waals surface area contributed by atoms with Crippen LogP contribution in [-0.2, 0) is 0 Å². The molecule has 0 aromatic rings. The SMILES string of the molecule is CC(C)C1CCC(N2CCCC(C3CCCN3)C2)CC1. The molecule has 1 aliphatic carbocycles. The summed E-state index contributed by atoms with van der Waals surface area (Å²) >= 11 is 0. The number of hydrogen-bond acceptors (Lipinski definition) is 2. The lowest BCUT2D eigenvalue weighted by Crippen LogP contribution is -2.48. The van der Waals surface area contributed by atoms with Crippen molar-refractivity contribution in [3.8, 4) is 0 Å². The quantitative estimate of drug-likeness (QED) is 0.847. The van der Waals surface area contributed by atoms with Crippen molar-refractivity contribution in [2.24, 2.45) is 17.8 Å². The monoisotopic (exact) mass is 278 g/mol. The maximum absolute atomic E-state index is 3.75. The van der Waals surface area contributed by atoms with Gasteiger partial charge in [0.1, 0.15) is 0 Å². The molecule has 1 saturated carbocycles. The van der Waals surface area contributed by atoms with E-state index in [4.69, 9.17) is 0 Å². The van der Waals surface area contributed by atoms with Gasteiger partial charge in [-0.1, -0.05) is 13.8 Å². The van der Waals surface area contributed by atoms with E-state index in [-0.39, 0.29) is 0 Å². The van der Waals surface area contributed by atoms with Crippen molar-refractivity contribution < 1.29 is 0 Å². The number of nitrogens with zero attached hydrogens (tertiary/aromatic N) is 1. The Morgan fingerprint density at radius 2 is 1.75 bits per heavy atom. The first-order valence-corrected chi connectivity index (χ1v) is 9.21. The third kappa shape index (κ3) is 3.39. The molecule has 0 bridgehead atoms. The van der Waals surface area contributed by atoms with E-state index in [0.29, 0.717) is 0 Å². The van der Waals surface area contributed by atoms with E-state index in [2.05, 4.69) is 24.1 Å². The Labute approximate surface area is 125 Å². The lowest BCUT2D eigenvalue weighted by Gasteiger charge is -2.43. The van der Waals surface area contributed by atoms with Gasteiger partial charge < -0.3 is 10.2 Å². The van der Waals surface area contributed by atoms with E-state index in [9.17, 15) is 0 Å². The van der Waals surface area contributed by atoms with Crippen LogP contribution in [0.3, 0.4) is 0 Å². The van der Waals surface area contributed by atoms with E-state index in [0.717, 1.165) is 29.8 Å². The zero-order valence-electron chi connectivity index (χ0n) is 13.6. The number of likely N-dealkylation sites (tertiary alicyclic amines) is 1. The summed E-state index contributed by atoms with van der Waals surface area (Å²) in [6, 6.07) is 1.75. The van der Waals surface area contributed by atoms with Gasteiger partial charge in [-0.15, -0.1) is 0 Å². The normalized spacial score (nSPS) is 40.4. The molecule has 0 aromatic carbocycles. The van der Waals surface area contributed by atoms with Crippen LogP contribution in [0.2, 0.25) is 0 Å². The second-order valence-electron chi connectivity index (χ2n) is 7.91. The van der Waals surface area contributed by atoms with Crippen LogP contribution in [0.5, 0.6) is 0 Å². The molecule has 3 fully saturated rings. The average molecular weight is 278 g/mol. The van der Waals surface area contributed by atoms with E-state index >= 15 is 0 Å². The van der Waals surface area contributed by atoms with Crippen molar-refractivity contribution in [2.75, 3.05) is 19.6 Å². The smallest absolute Gasteiger partial charge is 0.0108 e. The fourth-order valence-corrected chi connectivity index (χ4v) is 4.95.